The number of allylic oxidation sites excluding steroid dienone is 3. The molecule has 0 unspecified atom stereocenters. The molecule has 0 fully saturated rings. The summed E-state index contributed by atoms with van der Waals surface area (Å²) in [6.45, 7) is 17.5. The van der Waals surface area contributed by atoms with Crippen molar-refractivity contribution in [3.8, 4) is 0 Å². The zero-order valence-electron chi connectivity index (χ0n) is 25.9. The molecule has 0 radical (unpaired) electrons. The molecule has 0 spiro atoms. The van der Waals surface area contributed by atoms with Crippen LogP contribution in [0.3, 0.4) is 0 Å². The second-order valence-corrected chi connectivity index (χ2v) is 16.1. The van der Waals surface area contributed by atoms with Crippen LogP contribution in [0.25, 0.3) is 0 Å². The Hall–Kier alpha value is -2.03. The predicted octanol–water partition coefficient (Wildman–Crippen LogP) is 7.94. The predicted molar refractivity (Wildman–Crippen MR) is 162 cm³/mol. The summed E-state index contributed by atoms with van der Waals surface area (Å²) in [5.74, 6) is -0.251. The standard InChI is InChI=1S/C32H52O6Si/c1-11-36-31(33)26(3)18-15-16-22-28(35-8)25(2)19-17-23-29(37-24-34-7)30(27-20-13-12-14-21-27)38-39(9,10)32(4,5)6/h12-14,17-21,23,28-30H,11,15-16,22,24H2,1-10H3/b23-17+,25-19+,26-18+/t28-,29-,30-/m1/s1. The number of benzene rings is 1. The third-order valence-electron chi connectivity index (χ3n) is 7.20. The van der Waals surface area contributed by atoms with Gasteiger partial charge >= 0.3 is 5.97 Å². The monoisotopic (exact) mass is 560 g/mol. The zero-order chi connectivity index (χ0) is 29.5. The molecule has 1 aromatic carbocycles. The summed E-state index contributed by atoms with van der Waals surface area (Å²) < 4.78 is 29.1. The van der Waals surface area contributed by atoms with Crippen molar-refractivity contribution in [2.45, 2.75) is 97.2 Å². The average molecular weight is 561 g/mol. The molecule has 0 aromatic heterocycles. The first-order valence-electron chi connectivity index (χ1n) is 13.9. The second kappa shape index (κ2) is 17.6. The van der Waals surface area contributed by atoms with Crippen LogP contribution in [0.4, 0.5) is 0 Å². The lowest BCUT2D eigenvalue weighted by atomic mass is 10.0. The number of rotatable bonds is 17. The van der Waals surface area contributed by atoms with E-state index in [1.165, 1.54) is 0 Å². The van der Waals surface area contributed by atoms with Crippen LogP contribution in [0.2, 0.25) is 18.1 Å². The Labute approximate surface area is 238 Å². The minimum absolute atomic E-state index is 0.0160. The average Bonchev–Trinajstić information content (AvgIpc) is 2.89. The number of unbranched alkanes of at least 4 members (excludes halogenated alkanes) is 1. The van der Waals surface area contributed by atoms with Gasteiger partial charge in [0.15, 0.2) is 8.32 Å². The van der Waals surface area contributed by atoms with E-state index >= 15 is 0 Å². The van der Waals surface area contributed by atoms with Gasteiger partial charge in [-0.05, 0) is 69.3 Å². The Bertz CT molecular complexity index is 930. The van der Waals surface area contributed by atoms with E-state index in [2.05, 4.69) is 59.0 Å². The Balaban J connectivity index is 3.06. The summed E-state index contributed by atoms with van der Waals surface area (Å²) in [5.41, 5.74) is 2.85. The molecule has 0 heterocycles. The molecular weight excluding hydrogens is 508 g/mol. The van der Waals surface area contributed by atoms with E-state index in [0.717, 1.165) is 30.4 Å². The summed E-state index contributed by atoms with van der Waals surface area (Å²) in [4.78, 5) is 11.8. The van der Waals surface area contributed by atoms with Gasteiger partial charge in [0.2, 0.25) is 0 Å². The number of carbonyl (C=O) groups excluding carboxylic acids is 1. The summed E-state index contributed by atoms with van der Waals surface area (Å²) in [7, 11) is 1.26. The number of carbonyl (C=O) groups is 1. The van der Waals surface area contributed by atoms with Gasteiger partial charge in [0.05, 0.1) is 12.7 Å². The molecule has 0 amide bonds. The third-order valence-corrected chi connectivity index (χ3v) is 11.7. The zero-order valence-corrected chi connectivity index (χ0v) is 26.9. The highest BCUT2D eigenvalue weighted by Crippen LogP contribution is 2.41. The minimum Gasteiger partial charge on any atom is -0.463 e. The van der Waals surface area contributed by atoms with Crippen molar-refractivity contribution in [3.63, 3.8) is 0 Å². The largest absolute Gasteiger partial charge is 0.463 e. The fraction of sp³-hybridized carbons (Fsp3) is 0.594. The van der Waals surface area contributed by atoms with Crippen LogP contribution in [0, 0.1) is 0 Å². The lowest BCUT2D eigenvalue weighted by Gasteiger charge is -2.41. The molecule has 1 rings (SSSR count). The van der Waals surface area contributed by atoms with Crippen LogP contribution >= 0.6 is 0 Å². The number of methoxy groups -OCH3 is 2. The van der Waals surface area contributed by atoms with Crippen LogP contribution in [-0.4, -0.2) is 54.1 Å². The Morgan fingerprint density at radius 3 is 2.31 bits per heavy atom. The maximum Gasteiger partial charge on any atom is 0.333 e. The van der Waals surface area contributed by atoms with E-state index < -0.39 is 8.32 Å². The first-order chi connectivity index (χ1) is 18.4. The fourth-order valence-electron chi connectivity index (χ4n) is 3.76. The number of esters is 1. The van der Waals surface area contributed by atoms with Crippen molar-refractivity contribution in [3.05, 3.63) is 71.3 Å². The molecule has 0 bridgehead atoms. The van der Waals surface area contributed by atoms with E-state index in [-0.39, 0.29) is 36.1 Å². The number of hydrogen-bond acceptors (Lipinski definition) is 6. The Morgan fingerprint density at radius 1 is 1.08 bits per heavy atom. The Kier molecular flexibility index (Phi) is 15.8. The molecule has 0 saturated carbocycles. The first kappa shape index (κ1) is 35.0. The highest BCUT2D eigenvalue weighted by atomic mass is 28.4. The minimum atomic E-state index is -2.10. The molecule has 0 N–H and O–H groups in total. The highest BCUT2D eigenvalue weighted by Gasteiger charge is 2.41. The smallest absolute Gasteiger partial charge is 0.333 e. The van der Waals surface area contributed by atoms with Crippen molar-refractivity contribution >= 4 is 14.3 Å². The van der Waals surface area contributed by atoms with Gasteiger partial charge in [0.1, 0.15) is 19.0 Å². The lowest BCUT2D eigenvalue weighted by Crippen LogP contribution is -2.44. The highest BCUT2D eigenvalue weighted by molar-refractivity contribution is 6.74. The van der Waals surface area contributed by atoms with Gasteiger partial charge in [0.25, 0.3) is 0 Å². The second-order valence-electron chi connectivity index (χ2n) is 11.3. The van der Waals surface area contributed by atoms with Crippen LogP contribution in [-0.2, 0) is 28.2 Å². The van der Waals surface area contributed by atoms with Crippen molar-refractivity contribution in [1.29, 1.82) is 0 Å². The van der Waals surface area contributed by atoms with Gasteiger partial charge in [-0.2, -0.15) is 0 Å². The summed E-state index contributed by atoms with van der Waals surface area (Å²) in [5, 5.41) is 0.0573. The molecule has 0 saturated heterocycles. The molecule has 6 nitrogen and oxygen atoms in total. The molecule has 220 valence electrons. The van der Waals surface area contributed by atoms with Crippen molar-refractivity contribution in [2.24, 2.45) is 0 Å². The molecule has 7 heteroatoms. The van der Waals surface area contributed by atoms with E-state index in [1.54, 1.807) is 21.1 Å². The van der Waals surface area contributed by atoms with E-state index in [9.17, 15) is 4.79 Å². The molecule has 0 aliphatic carbocycles. The molecular formula is C32H52O6Si. The molecule has 3 atom stereocenters. The third kappa shape index (κ3) is 12.3. The molecule has 39 heavy (non-hydrogen) atoms. The topological polar surface area (TPSA) is 63.2 Å². The van der Waals surface area contributed by atoms with E-state index in [0.29, 0.717) is 12.2 Å². The number of hydrogen-bond donors (Lipinski definition) is 0. The van der Waals surface area contributed by atoms with Gasteiger partial charge in [-0.3, -0.25) is 0 Å². The van der Waals surface area contributed by atoms with E-state index in [1.807, 2.05) is 43.4 Å². The molecule has 1 aromatic rings. The SMILES string of the molecule is CCOC(=O)/C(C)=C/CCC[C@@H](OC)/C(C)=C/C=C/[C@@H](OCOC)[C@H](O[Si](C)(C)C(C)(C)C)c1ccccc1. The fourth-order valence-corrected chi connectivity index (χ4v) is 5.02. The quantitative estimate of drug-likeness (QED) is 0.0481. The van der Waals surface area contributed by atoms with Crippen LogP contribution in [0.1, 0.15) is 72.5 Å². The van der Waals surface area contributed by atoms with Crippen molar-refractivity contribution in [2.75, 3.05) is 27.6 Å². The maximum absolute atomic E-state index is 11.8. The summed E-state index contributed by atoms with van der Waals surface area (Å²) in [6, 6.07) is 10.3. The summed E-state index contributed by atoms with van der Waals surface area (Å²) in [6.07, 6.45) is 10.0. The Morgan fingerprint density at radius 2 is 1.74 bits per heavy atom. The van der Waals surface area contributed by atoms with Gasteiger partial charge in [-0.1, -0.05) is 75.4 Å². The lowest BCUT2D eigenvalue weighted by molar-refractivity contribution is -0.138. The van der Waals surface area contributed by atoms with Crippen molar-refractivity contribution < 1.29 is 28.2 Å². The van der Waals surface area contributed by atoms with Crippen LogP contribution in [0.5, 0.6) is 0 Å². The van der Waals surface area contributed by atoms with E-state index in [4.69, 9.17) is 23.4 Å². The van der Waals surface area contributed by atoms with Gasteiger partial charge < -0.3 is 23.4 Å². The molecule has 0 aliphatic heterocycles. The summed E-state index contributed by atoms with van der Waals surface area (Å²) >= 11 is 0. The van der Waals surface area contributed by atoms with Gasteiger partial charge in [-0.25, -0.2) is 4.79 Å². The molecule has 0 aliphatic rings. The van der Waals surface area contributed by atoms with Gasteiger partial charge in [0, 0.05) is 19.8 Å². The van der Waals surface area contributed by atoms with Gasteiger partial charge in [-0.15, -0.1) is 0 Å². The van der Waals surface area contributed by atoms with Crippen LogP contribution < -0.4 is 0 Å². The van der Waals surface area contributed by atoms with Crippen LogP contribution in [0.15, 0.2) is 65.8 Å². The van der Waals surface area contributed by atoms with Crippen molar-refractivity contribution in [1.82, 2.24) is 0 Å². The normalized spacial score (nSPS) is 15.8. The number of ether oxygens (including phenoxy) is 4. The maximum atomic E-state index is 11.8. The first-order valence-corrected chi connectivity index (χ1v) is 16.8.